The number of rotatable bonds is 2. The van der Waals surface area contributed by atoms with Crippen molar-refractivity contribution in [2.75, 3.05) is 0 Å². The molecule has 0 atom stereocenters. The summed E-state index contributed by atoms with van der Waals surface area (Å²) in [5, 5.41) is 2.86. The van der Waals surface area contributed by atoms with Crippen LogP contribution in [-0.4, -0.2) is 28.0 Å². The molecule has 0 aromatic carbocycles. The van der Waals surface area contributed by atoms with Gasteiger partial charge in [0.1, 0.15) is 5.69 Å². The summed E-state index contributed by atoms with van der Waals surface area (Å²) in [4.78, 5) is 38.9. The van der Waals surface area contributed by atoms with Crippen molar-refractivity contribution in [1.82, 2.24) is 15.3 Å². The number of aromatic amines is 2. The first-order chi connectivity index (χ1) is 9.06. The number of amides is 1. The number of nitrogens with two attached hydrogens (primary N) is 1. The van der Waals surface area contributed by atoms with Crippen molar-refractivity contribution >= 4 is 5.91 Å². The Labute approximate surface area is 116 Å². The van der Waals surface area contributed by atoms with Gasteiger partial charge in [-0.3, -0.25) is 14.6 Å². The molecular formula is C13H20N4O3. The lowest BCUT2D eigenvalue weighted by Crippen LogP contribution is -2.76. The van der Waals surface area contributed by atoms with Gasteiger partial charge in [-0.15, -0.1) is 0 Å². The van der Waals surface area contributed by atoms with Gasteiger partial charge in [-0.25, -0.2) is 4.79 Å². The zero-order valence-corrected chi connectivity index (χ0v) is 12.0. The van der Waals surface area contributed by atoms with Crippen LogP contribution in [0.5, 0.6) is 0 Å². The largest absolute Gasteiger partial charge is 0.347 e. The van der Waals surface area contributed by atoms with E-state index < -0.39 is 17.2 Å². The second kappa shape index (κ2) is 4.31. The van der Waals surface area contributed by atoms with Gasteiger partial charge in [0.2, 0.25) is 0 Å². The molecule has 0 radical (unpaired) electrons. The average Bonchev–Trinajstić information content (AvgIpc) is 2.33. The minimum absolute atomic E-state index is 0.0430. The fourth-order valence-electron chi connectivity index (χ4n) is 3.35. The molecule has 0 aliphatic heterocycles. The third-order valence-electron chi connectivity index (χ3n) is 4.37. The van der Waals surface area contributed by atoms with E-state index in [1.54, 1.807) is 0 Å². The van der Waals surface area contributed by atoms with Crippen molar-refractivity contribution in [1.29, 1.82) is 0 Å². The van der Waals surface area contributed by atoms with Crippen LogP contribution in [0.25, 0.3) is 0 Å². The maximum Gasteiger partial charge on any atom is 0.326 e. The molecule has 20 heavy (non-hydrogen) atoms. The van der Waals surface area contributed by atoms with Crippen molar-refractivity contribution in [3.63, 3.8) is 0 Å². The predicted octanol–water partition coefficient (Wildman–Crippen LogP) is -0.445. The SMILES string of the molecule is CC1(C)C(N)C(C)(C)C1NC(=O)c1cc(=O)[nH]c(=O)[nH]1. The molecule has 2 rings (SSSR count). The molecule has 0 bridgehead atoms. The maximum absolute atomic E-state index is 12.2. The average molecular weight is 280 g/mol. The Morgan fingerprint density at radius 3 is 2.25 bits per heavy atom. The standard InChI is InChI=1S/C13H20N4O3/c1-12(2)9(14)13(3,4)10(12)17-8(19)6-5-7(18)16-11(20)15-6/h5,9-10H,14H2,1-4H3,(H,17,19)(H2,15,16,18,20). The quantitative estimate of drug-likeness (QED) is 0.586. The summed E-state index contributed by atoms with van der Waals surface area (Å²) in [6.07, 6.45) is 0. The Morgan fingerprint density at radius 1 is 1.20 bits per heavy atom. The topological polar surface area (TPSA) is 121 Å². The van der Waals surface area contributed by atoms with E-state index >= 15 is 0 Å². The van der Waals surface area contributed by atoms with Gasteiger partial charge in [-0.2, -0.15) is 0 Å². The van der Waals surface area contributed by atoms with Crippen LogP contribution in [0.4, 0.5) is 0 Å². The Bertz CT molecular complexity index is 612. The first-order valence-corrected chi connectivity index (χ1v) is 6.47. The predicted molar refractivity (Wildman–Crippen MR) is 74.5 cm³/mol. The number of hydrogen-bond acceptors (Lipinski definition) is 4. The Hall–Kier alpha value is -1.89. The summed E-state index contributed by atoms with van der Waals surface area (Å²) in [7, 11) is 0. The molecular weight excluding hydrogens is 260 g/mol. The molecule has 1 heterocycles. The zero-order chi connectivity index (χ0) is 15.3. The van der Waals surface area contributed by atoms with Gasteiger partial charge in [0.15, 0.2) is 0 Å². The van der Waals surface area contributed by atoms with E-state index in [9.17, 15) is 14.4 Å². The summed E-state index contributed by atoms with van der Waals surface area (Å²) in [6.45, 7) is 7.92. The smallest absolute Gasteiger partial charge is 0.326 e. The lowest BCUT2D eigenvalue weighted by molar-refractivity contribution is -0.0664. The molecule has 1 aliphatic carbocycles. The lowest BCUT2D eigenvalue weighted by atomic mass is 9.48. The van der Waals surface area contributed by atoms with E-state index in [1.807, 2.05) is 32.7 Å². The number of aromatic nitrogens is 2. The molecule has 0 unspecified atom stereocenters. The zero-order valence-electron chi connectivity index (χ0n) is 12.0. The third kappa shape index (κ3) is 2.07. The highest BCUT2D eigenvalue weighted by molar-refractivity contribution is 5.92. The van der Waals surface area contributed by atoms with E-state index in [2.05, 4.69) is 10.3 Å². The van der Waals surface area contributed by atoms with Crippen LogP contribution in [0, 0.1) is 10.8 Å². The molecule has 1 aromatic heterocycles. The normalized spacial score (nSPS) is 26.6. The summed E-state index contributed by atoms with van der Waals surface area (Å²) in [5.74, 6) is -0.480. The highest BCUT2D eigenvalue weighted by atomic mass is 16.2. The van der Waals surface area contributed by atoms with Crippen molar-refractivity contribution < 1.29 is 4.79 Å². The molecule has 1 fully saturated rings. The number of carbonyl (C=O) groups excluding carboxylic acids is 1. The lowest BCUT2D eigenvalue weighted by Gasteiger charge is -2.62. The van der Waals surface area contributed by atoms with Crippen LogP contribution in [0.3, 0.4) is 0 Å². The first kappa shape index (κ1) is 14.5. The van der Waals surface area contributed by atoms with Crippen molar-refractivity contribution in [2.24, 2.45) is 16.6 Å². The molecule has 110 valence electrons. The van der Waals surface area contributed by atoms with Gasteiger partial charge in [0.05, 0.1) is 0 Å². The minimum atomic E-state index is -0.702. The third-order valence-corrected chi connectivity index (χ3v) is 4.37. The summed E-state index contributed by atoms with van der Waals surface area (Å²) in [5.41, 5.74) is 4.26. The second-order valence-corrected chi connectivity index (χ2v) is 6.53. The molecule has 7 heteroatoms. The van der Waals surface area contributed by atoms with Gasteiger partial charge in [0, 0.05) is 29.0 Å². The van der Waals surface area contributed by atoms with Gasteiger partial charge >= 0.3 is 5.69 Å². The van der Waals surface area contributed by atoms with Gasteiger partial charge < -0.3 is 16.0 Å². The molecule has 1 saturated carbocycles. The highest BCUT2D eigenvalue weighted by Crippen LogP contribution is 2.52. The molecule has 1 aliphatic rings. The summed E-state index contributed by atoms with van der Waals surface area (Å²) in [6, 6.07) is 0.883. The second-order valence-electron chi connectivity index (χ2n) is 6.53. The maximum atomic E-state index is 12.2. The number of hydrogen-bond donors (Lipinski definition) is 4. The molecule has 0 saturated heterocycles. The molecule has 1 aromatic rings. The fraction of sp³-hybridized carbons (Fsp3) is 0.615. The monoisotopic (exact) mass is 280 g/mol. The number of nitrogens with one attached hydrogen (secondary N) is 3. The molecule has 7 nitrogen and oxygen atoms in total. The Kier molecular flexibility index (Phi) is 3.13. The van der Waals surface area contributed by atoms with Crippen LogP contribution in [0.15, 0.2) is 15.7 Å². The Morgan fingerprint density at radius 2 is 1.75 bits per heavy atom. The van der Waals surface area contributed by atoms with Crippen LogP contribution in [-0.2, 0) is 0 Å². The molecule has 0 spiro atoms. The van der Waals surface area contributed by atoms with Crippen molar-refractivity contribution in [3.05, 3.63) is 32.6 Å². The van der Waals surface area contributed by atoms with Crippen LogP contribution >= 0.6 is 0 Å². The number of H-pyrrole nitrogens is 2. The number of carbonyl (C=O) groups is 1. The van der Waals surface area contributed by atoms with Crippen LogP contribution < -0.4 is 22.3 Å². The summed E-state index contributed by atoms with van der Waals surface area (Å²) >= 11 is 0. The van der Waals surface area contributed by atoms with E-state index in [4.69, 9.17) is 5.73 Å². The minimum Gasteiger partial charge on any atom is -0.347 e. The van der Waals surface area contributed by atoms with E-state index in [-0.39, 0.29) is 28.6 Å². The van der Waals surface area contributed by atoms with Gasteiger partial charge in [-0.1, -0.05) is 27.7 Å². The van der Waals surface area contributed by atoms with E-state index in [1.165, 1.54) is 0 Å². The van der Waals surface area contributed by atoms with E-state index in [0.717, 1.165) is 6.07 Å². The van der Waals surface area contributed by atoms with E-state index in [0.29, 0.717) is 0 Å². The highest BCUT2D eigenvalue weighted by Gasteiger charge is 2.60. The fourth-order valence-corrected chi connectivity index (χ4v) is 3.35. The van der Waals surface area contributed by atoms with Gasteiger partial charge in [-0.05, 0) is 0 Å². The Balaban J connectivity index is 2.24. The first-order valence-electron chi connectivity index (χ1n) is 6.47. The van der Waals surface area contributed by atoms with Gasteiger partial charge in [0.25, 0.3) is 11.5 Å². The van der Waals surface area contributed by atoms with Crippen molar-refractivity contribution in [3.8, 4) is 0 Å². The molecule has 1 amide bonds. The molecule has 5 N–H and O–H groups in total. The van der Waals surface area contributed by atoms with Crippen LogP contribution in [0.1, 0.15) is 38.2 Å². The summed E-state index contributed by atoms with van der Waals surface area (Å²) < 4.78 is 0. The van der Waals surface area contributed by atoms with Crippen LogP contribution in [0.2, 0.25) is 0 Å². The van der Waals surface area contributed by atoms with Crippen molar-refractivity contribution in [2.45, 2.75) is 39.8 Å².